The Hall–Kier alpha value is -1.39. The van der Waals surface area contributed by atoms with E-state index >= 15 is 0 Å². The maximum absolute atomic E-state index is 5.83. The number of ether oxygens (including phenoxy) is 1. The SMILES string of the molecule is Cc1ccc(Br)cc1Oc1ccc(CNCC(C)C)cn1. The molecule has 0 fully saturated rings. The fourth-order valence-electron chi connectivity index (χ4n) is 1.88. The monoisotopic (exact) mass is 348 g/mol. The van der Waals surface area contributed by atoms with E-state index < -0.39 is 0 Å². The van der Waals surface area contributed by atoms with Crippen LogP contribution in [-0.2, 0) is 6.54 Å². The molecule has 0 aliphatic carbocycles. The Labute approximate surface area is 134 Å². The molecule has 2 rings (SSSR count). The fourth-order valence-corrected chi connectivity index (χ4v) is 2.22. The molecule has 0 bridgehead atoms. The molecule has 1 heterocycles. The van der Waals surface area contributed by atoms with E-state index in [4.69, 9.17) is 4.74 Å². The number of hydrogen-bond acceptors (Lipinski definition) is 3. The molecular weight excluding hydrogens is 328 g/mol. The summed E-state index contributed by atoms with van der Waals surface area (Å²) < 4.78 is 6.82. The molecule has 0 spiro atoms. The Morgan fingerprint density at radius 2 is 2.05 bits per heavy atom. The van der Waals surface area contributed by atoms with Gasteiger partial charge in [-0.1, -0.05) is 41.9 Å². The fraction of sp³-hybridized carbons (Fsp3) is 0.353. The third kappa shape index (κ3) is 5.14. The van der Waals surface area contributed by atoms with Crippen molar-refractivity contribution in [1.82, 2.24) is 10.3 Å². The largest absolute Gasteiger partial charge is 0.439 e. The van der Waals surface area contributed by atoms with Crippen LogP contribution < -0.4 is 10.1 Å². The van der Waals surface area contributed by atoms with Crippen molar-refractivity contribution in [2.75, 3.05) is 6.54 Å². The number of pyridine rings is 1. The molecule has 0 aliphatic rings. The summed E-state index contributed by atoms with van der Waals surface area (Å²) in [5.41, 5.74) is 2.25. The average Bonchev–Trinajstić information content (AvgIpc) is 2.44. The van der Waals surface area contributed by atoms with Gasteiger partial charge in [0.05, 0.1) is 0 Å². The van der Waals surface area contributed by atoms with Gasteiger partial charge in [-0.05, 0) is 42.6 Å². The Kier molecular flexibility index (Phi) is 5.76. The first-order valence-corrected chi connectivity index (χ1v) is 7.93. The first-order chi connectivity index (χ1) is 10.0. The smallest absolute Gasteiger partial charge is 0.219 e. The zero-order valence-electron chi connectivity index (χ0n) is 12.7. The molecule has 0 atom stereocenters. The molecule has 4 heteroatoms. The predicted molar refractivity (Wildman–Crippen MR) is 89.7 cm³/mol. The van der Waals surface area contributed by atoms with Gasteiger partial charge in [0.25, 0.3) is 0 Å². The van der Waals surface area contributed by atoms with Gasteiger partial charge in [0.15, 0.2) is 0 Å². The topological polar surface area (TPSA) is 34.1 Å². The molecule has 2 aromatic rings. The van der Waals surface area contributed by atoms with Gasteiger partial charge in [-0.3, -0.25) is 0 Å². The zero-order chi connectivity index (χ0) is 15.2. The third-order valence-electron chi connectivity index (χ3n) is 3.04. The number of rotatable bonds is 6. The van der Waals surface area contributed by atoms with Gasteiger partial charge in [0.1, 0.15) is 5.75 Å². The lowest BCUT2D eigenvalue weighted by molar-refractivity contribution is 0.458. The highest BCUT2D eigenvalue weighted by molar-refractivity contribution is 9.10. The average molecular weight is 349 g/mol. The first kappa shape index (κ1) is 16.0. The molecule has 112 valence electrons. The van der Waals surface area contributed by atoms with Crippen LogP contribution in [0.15, 0.2) is 41.0 Å². The molecule has 0 unspecified atom stereocenters. The van der Waals surface area contributed by atoms with E-state index in [1.165, 1.54) is 0 Å². The Morgan fingerprint density at radius 1 is 1.24 bits per heavy atom. The lowest BCUT2D eigenvalue weighted by Gasteiger charge is -2.10. The summed E-state index contributed by atoms with van der Waals surface area (Å²) in [4.78, 5) is 4.36. The lowest BCUT2D eigenvalue weighted by atomic mass is 10.2. The Balaban J connectivity index is 1.97. The summed E-state index contributed by atoms with van der Waals surface area (Å²) in [6, 6.07) is 9.92. The molecule has 1 N–H and O–H groups in total. The molecule has 0 radical (unpaired) electrons. The molecule has 3 nitrogen and oxygen atoms in total. The van der Waals surface area contributed by atoms with Crippen LogP contribution >= 0.6 is 15.9 Å². The van der Waals surface area contributed by atoms with E-state index in [2.05, 4.69) is 40.1 Å². The van der Waals surface area contributed by atoms with Crippen molar-refractivity contribution >= 4 is 15.9 Å². The number of aromatic nitrogens is 1. The number of hydrogen-bond donors (Lipinski definition) is 1. The van der Waals surface area contributed by atoms with Crippen LogP contribution in [-0.4, -0.2) is 11.5 Å². The quantitative estimate of drug-likeness (QED) is 0.822. The highest BCUT2D eigenvalue weighted by atomic mass is 79.9. The molecule has 0 aliphatic heterocycles. The van der Waals surface area contributed by atoms with Crippen LogP contribution in [0.2, 0.25) is 0 Å². The molecule has 0 saturated heterocycles. The van der Waals surface area contributed by atoms with Crippen molar-refractivity contribution in [3.05, 3.63) is 52.1 Å². The zero-order valence-corrected chi connectivity index (χ0v) is 14.3. The van der Waals surface area contributed by atoms with E-state index in [0.717, 1.165) is 34.4 Å². The van der Waals surface area contributed by atoms with E-state index in [1.54, 1.807) is 0 Å². The predicted octanol–water partition coefficient (Wildman–Crippen LogP) is 4.69. The van der Waals surface area contributed by atoms with Crippen molar-refractivity contribution in [1.29, 1.82) is 0 Å². The second-order valence-corrected chi connectivity index (χ2v) is 6.46. The van der Waals surface area contributed by atoms with Gasteiger partial charge < -0.3 is 10.1 Å². The summed E-state index contributed by atoms with van der Waals surface area (Å²) in [6.45, 7) is 8.26. The molecule has 1 aromatic carbocycles. The standard InChI is InChI=1S/C17H21BrN2O/c1-12(2)9-19-10-14-5-7-17(20-11-14)21-16-8-15(18)6-4-13(16)3/h4-8,11-12,19H,9-10H2,1-3H3. The molecule has 0 amide bonds. The van der Waals surface area contributed by atoms with Gasteiger partial charge in [-0.15, -0.1) is 0 Å². The Bertz CT molecular complexity index is 582. The molecule has 0 saturated carbocycles. The molecule has 1 aromatic heterocycles. The van der Waals surface area contributed by atoms with Crippen LogP contribution in [0.3, 0.4) is 0 Å². The van der Waals surface area contributed by atoms with Gasteiger partial charge in [0, 0.05) is 23.3 Å². The van der Waals surface area contributed by atoms with Crippen LogP contribution in [0.5, 0.6) is 11.6 Å². The second kappa shape index (κ2) is 7.57. The van der Waals surface area contributed by atoms with Gasteiger partial charge in [-0.2, -0.15) is 0 Å². The normalized spacial score (nSPS) is 10.9. The summed E-state index contributed by atoms with van der Waals surface area (Å²) in [6.07, 6.45) is 1.86. The van der Waals surface area contributed by atoms with Crippen molar-refractivity contribution in [2.45, 2.75) is 27.3 Å². The minimum atomic E-state index is 0.615. The van der Waals surface area contributed by atoms with Crippen LogP contribution in [0.25, 0.3) is 0 Å². The van der Waals surface area contributed by atoms with Crippen LogP contribution in [0.4, 0.5) is 0 Å². The number of nitrogens with one attached hydrogen (secondary N) is 1. The lowest BCUT2D eigenvalue weighted by Crippen LogP contribution is -2.18. The summed E-state index contributed by atoms with van der Waals surface area (Å²) >= 11 is 3.45. The second-order valence-electron chi connectivity index (χ2n) is 5.54. The van der Waals surface area contributed by atoms with Crippen molar-refractivity contribution in [2.24, 2.45) is 5.92 Å². The van der Waals surface area contributed by atoms with Gasteiger partial charge in [0.2, 0.25) is 5.88 Å². The highest BCUT2D eigenvalue weighted by Gasteiger charge is 2.04. The van der Waals surface area contributed by atoms with E-state index in [1.807, 2.05) is 43.5 Å². The molecular formula is C17H21BrN2O. The van der Waals surface area contributed by atoms with E-state index in [0.29, 0.717) is 11.8 Å². The maximum Gasteiger partial charge on any atom is 0.219 e. The van der Waals surface area contributed by atoms with E-state index in [9.17, 15) is 0 Å². The number of nitrogens with zero attached hydrogens (tertiary/aromatic N) is 1. The highest BCUT2D eigenvalue weighted by Crippen LogP contribution is 2.27. The minimum absolute atomic E-state index is 0.615. The summed E-state index contributed by atoms with van der Waals surface area (Å²) in [7, 11) is 0. The Morgan fingerprint density at radius 3 is 2.71 bits per heavy atom. The third-order valence-corrected chi connectivity index (χ3v) is 3.54. The van der Waals surface area contributed by atoms with Gasteiger partial charge >= 0.3 is 0 Å². The van der Waals surface area contributed by atoms with Crippen molar-refractivity contribution < 1.29 is 4.74 Å². The van der Waals surface area contributed by atoms with Crippen LogP contribution in [0, 0.1) is 12.8 Å². The van der Waals surface area contributed by atoms with Crippen LogP contribution in [0.1, 0.15) is 25.0 Å². The summed E-state index contributed by atoms with van der Waals surface area (Å²) in [5.74, 6) is 2.09. The van der Waals surface area contributed by atoms with Gasteiger partial charge in [-0.25, -0.2) is 4.98 Å². The summed E-state index contributed by atoms with van der Waals surface area (Å²) in [5, 5.41) is 3.40. The van der Waals surface area contributed by atoms with Crippen molar-refractivity contribution in [3.63, 3.8) is 0 Å². The van der Waals surface area contributed by atoms with Crippen molar-refractivity contribution in [3.8, 4) is 11.6 Å². The maximum atomic E-state index is 5.83. The minimum Gasteiger partial charge on any atom is -0.439 e. The number of aryl methyl sites for hydroxylation is 1. The molecule has 21 heavy (non-hydrogen) atoms. The number of halogens is 1. The first-order valence-electron chi connectivity index (χ1n) is 7.14. The number of benzene rings is 1. The van der Waals surface area contributed by atoms with E-state index in [-0.39, 0.29) is 0 Å².